The molecule has 1 fully saturated rings. The molecule has 4 rings (SSSR count). The van der Waals surface area contributed by atoms with Gasteiger partial charge in [0, 0.05) is 38.2 Å². The fraction of sp³-hybridized carbons (Fsp3) is 0.450. The van der Waals surface area contributed by atoms with Crippen LogP contribution < -0.4 is 15.0 Å². The van der Waals surface area contributed by atoms with Gasteiger partial charge in [-0.1, -0.05) is 11.3 Å². The largest absolute Gasteiger partial charge is 0.497 e. The van der Waals surface area contributed by atoms with Crippen molar-refractivity contribution in [2.24, 2.45) is 5.92 Å². The summed E-state index contributed by atoms with van der Waals surface area (Å²) in [6, 6.07) is 7.84. The minimum Gasteiger partial charge on any atom is -0.497 e. The number of piperidine rings is 1. The molecule has 0 bridgehead atoms. The molecule has 8 nitrogen and oxygen atoms in total. The number of hydrogen-bond acceptors (Lipinski definition) is 7. The van der Waals surface area contributed by atoms with Gasteiger partial charge < -0.3 is 19.7 Å². The number of nitrogens with zero attached hydrogens (tertiary/aromatic N) is 4. The molecule has 1 N–H and O–H groups in total. The summed E-state index contributed by atoms with van der Waals surface area (Å²) in [4.78, 5) is 20.0. The minimum absolute atomic E-state index is 0.0637. The van der Waals surface area contributed by atoms with Crippen molar-refractivity contribution in [1.29, 1.82) is 0 Å². The summed E-state index contributed by atoms with van der Waals surface area (Å²) in [5.74, 6) is 1.01. The van der Waals surface area contributed by atoms with Crippen LogP contribution in [0.1, 0.15) is 12.8 Å². The summed E-state index contributed by atoms with van der Waals surface area (Å²) in [6.07, 6.45) is 3.61. The lowest BCUT2D eigenvalue weighted by Crippen LogP contribution is -2.41. The first-order chi connectivity index (χ1) is 14.2. The summed E-state index contributed by atoms with van der Waals surface area (Å²) < 4.78 is 12.0. The van der Waals surface area contributed by atoms with Crippen molar-refractivity contribution >= 4 is 27.3 Å². The van der Waals surface area contributed by atoms with Crippen LogP contribution >= 0.6 is 11.3 Å². The smallest absolute Gasteiger partial charge is 0.223 e. The highest BCUT2D eigenvalue weighted by Gasteiger charge is 2.26. The van der Waals surface area contributed by atoms with Gasteiger partial charge in [-0.2, -0.15) is 0 Å². The molecular formula is C20H25N5O3S. The van der Waals surface area contributed by atoms with Crippen LogP contribution in [0.3, 0.4) is 0 Å². The number of imidazole rings is 1. The molecule has 1 aliphatic heterocycles. The van der Waals surface area contributed by atoms with E-state index in [4.69, 9.17) is 19.6 Å². The van der Waals surface area contributed by atoms with Crippen LogP contribution in [0, 0.1) is 5.92 Å². The van der Waals surface area contributed by atoms with Gasteiger partial charge in [-0.3, -0.25) is 4.79 Å². The second-order valence-electron chi connectivity index (χ2n) is 7.01. The third kappa shape index (κ3) is 4.35. The molecular weight excluding hydrogens is 390 g/mol. The van der Waals surface area contributed by atoms with Gasteiger partial charge in [0.2, 0.25) is 16.0 Å². The van der Waals surface area contributed by atoms with Crippen molar-refractivity contribution in [3.63, 3.8) is 0 Å². The zero-order chi connectivity index (χ0) is 20.2. The van der Waals surface area contributed by atoms with Crippen molar-refractivity contribution < 1.29 is 14.3 Å². The average molecular weight is 416 g/mol. The molecule has 0 radical (unpaired) electrons. The Labute approximate surface area is 173 Å². The number of fused-ring (bicyclic) bond motifs is 1. The molecule has 0 spiro atoms. The van der Waals surface area contributed by atoms with Crippen LogP contribution in [0.25, 0.3) is 16.2 Å². The lowest BCUT2D eigenvalue weighted by Gasteiger charge is -2.30. The Bertz CT molecular complexity index is 929. The zero-order valence-corrected chi connectivity index (χ0v) is 17.4. The number of methoxy groups -OCH3 is 2. The normalized spacial score (nSPS) is 15.0. The predicted molar refractivity (Wildman–Crippen MR) is 113 cm³/mol. The SMILES string of the molecule is COCCNC(=O)C1CCN(c2nn3cc(-c4ccc(OC)cc4)nc3s2)CC1. The van der Waals surface area contributed by atoms with E-state index < -0.39 is 0 Å². The third-order valence-corrected chi connectivity index (χ3v) is 6.14. The summed E-state index contributed by atoms with van der Waals surface area (Å²) in [7, 11) is 3.29. The highest BCUT2D eigenvalue weighted by molar-refractivity contribution is 7.20. The average Bonchev–Trinajstić information content (AvgIpc) is 3.33. The summed E-state index contributed by atoms with van der Waals surface area (Å²) in [6.45, 7) is 2.76. The van der Waals surface area contributed by atoms with Crippen LogP contribution in [0.5, 0.6) is 5.75 Å². The number of rotatable bonds is 7. The van der Waals surface area contributed by atoms with E-state index >= 15 is 0 Å². The van der Waals surface area contributed by atoms with Gasteiger partial charge in [0.05, 0.1) is 25.6 Å². The first-order valence-electron chi connectivity index (χ1n) is 9.70. The lowest BCUT2D eigenvalue weighted by molar-refractivity contribution is -0.125. The van der Waals surface area contributed by atoms with Gasteiger partial charge in [0.1, 0.15) is 5.75 Å². The van der Waals surface area contributed by atoms with Crippen LogP contribution in [-0.2, 0) is 9.53 Å². The number of anilines is 1. The molecule has 1 aromatic carbocycles. The third-order valence-electron chi connectivity index (χ3n) is 5.16. The molecule has 1 aliphatic rings. The summed E-state index contributed by atoms with van der Waals surface area (Å²) >= 11 is 1.58. The molecule has 1 saturated heterocycles. The van der Waals surface area contributed by atoms with Crippen LogP contribution in [0.4, 0.5) is 5.13 Å². The Balaban J connectivity index is 1.38. The number of carbonyl (C=O) groups excluding carboxylic acids is 1. The second kappa shape index (κ2) is 8.79. The van der Waals surface area contributed by atoms with Gasteiger partial charge >= 0.3 is 0 Å². The lowest BCUT2D eigenvalue weighted by atomic mass is 9.96. The maximum atomic E-state index is 12.2. The van der Waals surface area contributed by atoms with E-state index in [0.29, 0.717) is 13.2 Å². The molecule has 2 aromatic heterocycles. The van der Waals surface area contributed by atoms with E-state index in [0.717, 1.165) is 53.0 Å². The Kier molecular flexibility index (Phi) is 5.96. The Hall–Kier alpha value is -2.65. The summed E-state index contributed by atoms with van der Waals surface area (Å²) in [5, 5.41) is 8.59. The standard InChI is InChI=1S/C20H25N5O3S/c1-27-12-9-21-18(26)15-7-10-24(11-8-15)20-23-25-13-17(22-19(25)29-20)14-3-5-16(28-2)6-4-14/h3-6,13,15H,7-12H2,1-2H3,(H,21,26). The van der Waals surface area contributed by atoms with Crippen LogP contribution in [0.15, 0.2) is 30.5 Å². The van der Waals surface area contributed by atoms with E-state index in [1.165, 1.54) is 0 Å². The molecule has 1 amide bonds. The van der Waals surface area contributed by atoms with Crippen molar-refractivity contribution in [1.82, 2.24) is 19.9 Å². The Morgan fingerprint density at radius 3 is 2.66 bits per heavy atom. The highest BCUT2D eigenvalue weighted by Crippen LogP contribution is 2.30. The second-order valence-corrected chi connectivity index (χ2v) is 7.95. The van der Waals surface area contributed by atoms with Crippen molar-refractivity contribution in [3.05, 3.63) is 30.5 Å². The number of aromatic nitrogens is 3. The molecule has 3 heterocycles. The first kappa shape index (κ1) is 19.7. The monoisotopic (exact) mass is 415 g/mol. The van der Waals surface area contributed by atoms with Gasteiger partial charge in [-0.15, -0.1) is 5.10 Å². The van der Waals surface area contributed by atoms with Crippen molar-refractivity contribution in [3.8, 4) is 17.0 Å². The van der Waals surface area contributed by atoms with E-state index in [9.17, 15) is 4.79 Å². The van der Waals surface area contributed by atoms with E-state index in [-0.39, 0.29) is 11.8 Å². The number of carbonyl (C=O) groups is 1. The van der Waals surface area contributed by atoms with Gasteiger partial charge in [0.15, 0.2) is 0 Å². The quantitative estimate of drug-likeness (QED) is 0.597. The fourth-order valence-corrected chi connectivity index (χ4v) is 4.41. The van der Waals surface area contributed by atoms with Gasteiger partial charge in [-0.25, -0.2) is 9.50 Å². The van der Waals surface area contributed by atoms with Crippen molar-refractivity contribution in [2.45, 2.75) is 12.8 Å². The fourth-order valence-electron chi connectivity index (χ4n) is 3.47. The number of benzene rings is 1. The van der Waals surface area contributed by atoms with E-state index in [1.54, 1.807) is 25.6 Å². The molecule has 3 aromatic rings. The topological polar surface area (TPSA) is 81.0 Å². The van der Waals surface area contributed by atoms with Crippen LogP contribution in [-0.4, -0.2) is 61.0 Å². The van der Waals surface area contributed by atoms with Crippen molar-refractivity contribution in [2.75, 3.05) is 45.4 Å². The molecule has 0 atom stereocenters. The molecule has 0 saturated carbocycles. The molecule has 154 valence electrons. The molecule has 0 unspecified atom stereocenters. The molecule has 9 heteroatoms. The summed E-state index contributed by atoms with van der Waals surface area (Å²) in [5.41, 5.74) is 1.93. The number of ether oxygens (including phenoxy) is 2. The number of amides is 1. The van der Waals surface area contributed by atoms with Gasteiger partial charge in [-0.05, 0) is 37.1 Å². The first-order valence-corrected chi connectivity index (χ1v) is 10.5. The maximum absolute atomic E-state index is 12.2. The van der Waals surface area contributed by atoms with E-state index in [2.05, 4.69) is 10.2 Å². The Morgan fingerprint density at radius 2 is 2.00 bits per heavy atom. The van der Waals surface area contributed by atoms with E-state index in [1.807, 2.05) is 35.0 Å². The Morgan fingerprint density at radius 1 is 1.24 bits per heavy atom. The number of nitrogens with one attached hydrogen (secondary N) is 1. The minimum atomic E-state index is 0.0637. The maximum Gasteiger partial charge on any atom is 0.223 e. The molecule has 0 aliphatic carbocycles. The van der Waals surface area contributed by atoms with Gasteiger partial charge in [0.25, 0.3) is 0 Å². The molecule has 29 heavy (non-hydrogen) atoms. The van der Waals surface area contributed by atoms with Crippen LogP contribution in [0.2, 0.25) is 0 Å². The zero-order valence-electron chi connectivity index (χ0n) is 16.6. The highest BCUT2D eigenvalue weighted by atomic mass is 32.1. The predicted octanol–water partition coefficient (Wildman–Crippen LogP) is 2.45. The number of hydrogen-bond donors (Lipinski definition) is 1.